The Kier molecular flexibility index (Phi) is 4.63. The van der Waals surface area contributed by atoms with Crippen molar-refractivity contribution in [3.8, 4) is 5.75 Å². The van der Waals surface area contributed by atoms with Crippen LogP contribution < -0.4 is 15.8 Å². The van der Waals surface area contributed by atoms with E-state index in [2.05, 4.69) is 26.2 Å². The number of nitrogen functional groups attached to an aromatic ring is 1. The SMILES string of the molecule is Cc1c(N)cnc(NCCOc2ccccc2)c1Br. The van der Waals surface area contributed by atoms with Gasteiger partial charge in [-0.1, -0.05) is 18.2 Å². The van der Waals surface area contributed by atoms with E-state index in [0.29, 0.717) is 18.8 Å². The average Bonchev–Trinajstić information content (AvgIpc) is 2.44. The number of hydrogen-bond acceptors (Lipinski definition) is 4. The zero-order valence-corrected chi connectivity index (χ0v) is 12.3. The Hall–Kier alpha value is -1.75. The molecule has 0 saturated heterocycles. The number of hydrogen-bond donors (Lipinski definition) is 2. The van der Waals surface area contributed by atoms with Crippen LogP contribution in [0.5, 0.6) is 5.75 Å². The molecule has 4 nitrogen and oxygen atoms in total. The Morgan fingerprint density at radius 1 is 1.32 bits per heavy atom. The number of rotatable bonds is 5. The standard InChI is InChI=1S/C14H16BrN3O/c1-10-12(16)9-18-14(13(10)15)17-7-8-19-11-5-3-2-4-6-11/h2-6,9H,7-8,16H2,1H3,(H,17,18). The molecule has 0 bridgehead atoms. The number of halogens is 1. The van der Waals surface area contributed by atoms with Crippen LogP contribution >= 0.6 is 15.9 Å². The highest BCUT2D eigenvalue weighted by atomic mass is 79.9. The van der Waals surface area contributed by atoms with Gasteiger partial charge in [0.05, 0.1) is 22.9 Å². The summed E-state index contributed by atoms with van der Waals surface area (Å²) in [6, 6.07) is 9.72. The lowest BCUT2D eigenvalue weighted by Gasteiger charge is -2.11. The number of nitrogens with one attached hydrogen (secondary N) is 1. The molecule has 100 valence electrons. The second-order valence-electron chi connectivity index (χ2n) is 4.09. The summed E-state index contributed by atoms with van der Waals surface area (Å²) in [5.74, 6) is 1.65. The fraction of sp³-hybridized carbons (Fsp3) is 0.214. The van der Waals surface area contributed by atoms with Crippen molar-refractivity contribution in [1.82, 2.24) is 4.98 Å². The van der Waals surface area contributed by atoms with Crippen LogP contribution in [0.15, 0.2) is 41.0 Å². The summed E-state index contributed by atoms with van der Waals surface area (Å²) in [6.45, 7) is 3.19. The molecule has 0 spiro atoms. The summed E-state index contributed by atoms with van der Waals surface area (Å²) in [4.78, 5) is 4.24. The quantitative estimate of drug-likeness (QED) is 0.830. The maximum absolute atomic E-state index is 5.78. The van der Waals surface area contributed by atoms with Crippen molar-refractivity contribution >= 4 is 27.4 Å². The molecule has 2 rings (SSSR count). The first kappa shape index (κ1) is 13.7. The van der Waals surface area contributed by atoms with Gasteiger partial charge in [0, 0.05) is 0 Å². The van der Waals surface area contributed by atoms with Crippen LogP contribution in [-0.4, -0.2) is 18.1 Å². The molecule has 1 aromatic carbocycles. The molecule has 3 N–H and O–H groups in total. The van der Waals surface area contributed by atoms with Gasteiger partial charge in [0.15, 0.2) is 0 Å². The monoisotopic (exact) mass is 321 g/mol. The van der Waals surface area contributed by atoms with Crippen LogP contribution in [-0.2, 0) is 0 Å². The Labute approximate surface area is 121 Å². The third-order valence-electron chi connectivity index (χ3n) is 2.71. The number of aromatic nitrogens is 1. The summed E-state index contributed by atoms with van der Waals surface area (Å²) >= 11 is 3.48. The Morgan fingerprint density at radius 3 is 2.79 bits per heavy atom. The molecule has 0 fully saturated rings. The highest BCUT2D eigenvalue weighted by molar-refractivity contribution is 9.10. The first-order valence-corrected chi connectivity index (χ1v) is 6.80. The van der Waals surface area contributed by atoms with Crippen LogP contribution in [0.3, 0.4) is 0 Å². The van der Waals surface area contributed by atoms with Gasteiger partial charge in [-0.2, -0.15) is 0 Å². The molecule has 1 aromatic heterocycles. The lowest BCUT2D eigenvalue weighted by atomic mass is 10.2. The van der Waals surface area contributed by atoms with Gasteiger partial charge < -0.3 is 15.8 Å². The predicted octanol–water partition coefficient (Wildman–Crippen LogP) is 3.23. The number of pyridine rings is 1. The second kappa shape index (κ2) is 6.43. The van der Waals surface area contributed by atoms with E-state index in [9.17, 15) is 0 Å². The van der Waals surface area contributed by atoms with E-state index in [1.165, 1.54) is 0 Å². The van der Waals surface area contributed by atoms with Crippen molar-refractivity contribution in [3.05, 3.63) is 46.6 Å². The largest absolute Gasteiger partial charge is 0.492 e. The summed E-state index contributed by atoms with van der Waals surface area (Å²) in [5.41, 5.74) is 7.44. The summed E-state index contributed by atoms with van der Waals surface area (Å²) in [7, 11) is 0. The number of anilines is 2. The maximum atomic E-state index is 5.78. The van der Waals surface area contributed by atoms with Crippen LogP contribution in [0, 0.1) is 6.92 Å². The van der Waals surface area contributed by atoms with E-state index in [1.807, 2.05) is 37.3 Å². The first-order chi connectivity index (χ1) is 9.18. The van der Waals surface area contributed by atoms with Crippen molar-refractivity contribution in [1.29, 1.82) is 0 Å². The number of benzene rings is 1. The lowest BCUT2D eigenvalue weighted by Crippen LogP contribution is -2.13. The fourth-order valence-corrected chi connectivity index (χ4v) is 2.04. The van der Waals surface area contributed by atoms with Crippen molar-refractivity contribution in [2.45, 2.75) is 6.92 Å². The summed E-state index contributed by atoms with van der Waals surface area (Å²) in [5, 5.41) is 3.21. The Bertz CT molecular complexity index is 546. The van der Waals surface area contributed by atoms with Gasteiger partial charge in [0.2, 0.25) is 0 Å². The molecule has 0 radical (unpaired) electrons. The van der Waals surface area contributed by atoms with E-state index >= 15 is 0 Å². The normalized spacial score (nSPS) is 10.2. The van der Waals surface area contributed by atoms with Crippen LogP contribution in [0.1, 0.15) is 5.56 Å². The average molecular weight is 322 g/mol. The van der Waals surface area contributed by atoms with Gasteiger partial charge in [-0.05, 0) is 40.5 Å². The van der Waals surface area contributed by atoms with Crippen LogP contribution in [0.4, 0.5) is 11.5 Å². The van der Waals surface area contributed by atoms with Crippen molar-refractivity contribution < 1.29 is 4.74 Å². The van der Waals surface area contributed by atoms with Gasteiger partial charge in [0.1, 0.15) is 18.2 Å². The van der Waals surface area contributed by atoms with Crippen molar-refractivity contribution in [2.75, 3.05) is 24.2 Å². The Balaban J connectivity index is 1.85. The molecule has 0 atom stereocenters. The van der Waals surface area contributed by atoms with Crippen molar-refractivity contribution in [2.24, 2.45) is 0 Å². The van der Waals surface area contributed by atoms with E-state index in [1.54, 1.807) is 6.20 Å². The topological polar surface area (TPSA) is 60.2 Å². The first-order valence-electron chi connectivity index (χ1n) is 6.01. The predicted molar refractivity (Wildman–Crippen MR) is 81.5 cm³/mol. The molecular weight excluding hydrogens is 306 g/mol. The fourth-order valence-electron chi connectivity index (χ4n) is 1.57. The van der Waals surface area contributed by atoms with Crippen LogP contribution in [0.2, 0.25) is 0 Å². The molecule has 5 heteroatoms. The summed E-state index contributed by atoms with van der Waals surface area (Å²) in [6.07, 6.45) is 1.65. The molecule has 0 saturated carbocycles. The van der Waals surface area contributed by atoms with Gasteiger partial charge >= 0.3 is 0 Å². The van der Waals surface area contributed by atoms with Gasteiger partial charge in [-0.15, -0.1) is 0 Å². The highest BCUT2D eigenvalue weighted by Crippen LogP contribution is 2.27. The Morgan fingerprint density at radius 2 is 2.05 bits per heavy atom. The maximum Gasteiger partial charge on any atom is 0.140 e. The zero-order valence-electron chi connectivity index (χ0n) is 10.7. The summed E-state index contributed by atoms with van der Waals surface area (Å²) < 4.78 is 6.49. The minimum absolute atomic E-state index is 0.571. The number of ether oxygens (including phenoxy) is 1. The number of para-hydroxylation sites is 1. The number of nitrogens with zero attached hydrogens (tertiary/aromatic N) is 1. The molecule has 2 aromatic rings. The molecule has 0 unspecified atom stereocenters. The van der Waals surface area contributed by atoms with Crippen molar-refractivity contribution in [3.63, 3.8) is 0 Å². The molecule has 0 aliphatic carbocycles. The van der Waals surface area contributed by atoms with Gasteiger partial charge in [0.25, 0.3) is 0 Å². The molecule has 0 aliphatic rings. The lowest BCUT2D eigenvalue weighted by molar-refractivity contribution is 0.332. The van der Waals surface area contributed by atoms with Gasteiger partial charge in [-0.25, -0.2) is 4.98 Å². The minimum Gasteiger partial charge on any atom is -0.492 e. The third-order valence-corrected chi connectivity index (χ3v) is 3.68. The van der Waals surface area contributed by atoms with Gasteiger partial charge in [-0.3, -0.25) is 0 Å². The third kappa shape index (κ3) is 3.61. The molecule has 0 amide bonds. The molecule has 0 aliphatic heterocycles. The van der Waals surface area contributed by atoms with Crippen LogP contribution in [0.25, 0.3) is 0 Å². The second-order valence-corrected chi connectivity index (χ2v) is 4.88. The molecule has 1 heterocycles. The minimum atomic E-state index is 0.571. The highest BCUT2D eigenvalue weighted by Gasteiger charge is 2.06. The zero-order chi connectivity index (χ0) is 13.7. The molecule has 19 heavy (non-hydrogen) atoms. The molecular formula is C14H16BrN3O. The van der Waals surface area contributed by atoms with E-state index in [0.717, 1.165) is 21.6 Å². The smallest absolute Gasteiger partial charge is 0.140 e. The van der Waals surface area contributed by atoms with E-state index < -0.39 is 0 Å². The van der Waals surface area contributed by atoms with E-state index in [-0.39, 0.29) is 0 Å². The van der Waals surface area contributed by atoms with E-state index in [4.69, 9.17) is 10.5 Å². The number of nitrogens with two attached hydrogens (primary N) is 1.